The molecule has 1 aliphatic carbocycles. The van der Waals surface area contributed by atoms with Crippen LogP contribution in [0.1, 0.15) is 42.5 Å². The predicted octanol–water partition coefficient (Wildman–Crippen LogP) is 2.64. The summed E-state index contributed by atoms with van der Waals surface area (Å²) < 4.78 is 5.85. The van der Waals surface area contributed by atoms with Crippen molar-refractivity contribution in [1.82, 2.24) is 14.8 Å². The average molecular weight is 379 g/mol. The van der Waals surface area contributed by atoms with E-state index in [1.807, 2.05) is 4.90 Å². The number of morpholine rings is 1. The minimum atomic E-state index is 0.0290. The molecule has 1 atom stereocenters. The van der Waals surface area contributed by atoms with Crippen LogP contribution in [0.5, 0.6) is 0 Å². The van der Waals surface area contributed by atoms with Crippen LogP contribution in [-0.2, 0) is 4.74 Å². The quantitative estimate of drug-likeness (QED) is 0.853. The first kappa shape index (κ1) is 18.0. The molecule has 0 bridgehead atoms. The first-order valence-corrected chi connectivity index (χ1v) is 10.1. The summed E-state index contributed by atoms with van der Waals surface area (Å²) in [5, 5.41) is 3.78. The van der Waals surface area contributed by atoms with Gasteiger partial charge in [0.15, 0.2) is 0 Å². The topological polar surface area (TPSA) is 57.7 Å². The molecule has 0 spiro atoms. The lowest BCUT2D eigenvalue weighted by atomic mass is 10.1. The van der Waals surface area contributed by atoms with Gasteiger partial charge in [0.2, 0.25) is 0 Å². The number of carbonyl (C=O) groups is 1. The number of hydrogen-bond donors (Lipinski definition) is 1. The summed E-state index contributed by atoms with van der Waals surface area (Å²) >= 11 is 6.37. The van der Waals surface area contributed by atoms with Crippen molar-refractivity contribution in [3.8, 4) is 0 Å². The maximum absolute atomic E-state index is 12.6. The fourth-order valence-corrected chi connectivity index (χ4v) is 4.05. The molecule has 1 N–H and O–H groups in total. The molecule has 2 aliphatic heterocycles. The number of nitrogens with zero attached hydrogens (tertiary/aromatic N) is 3. The lowest BCUT2D eigenvalue weighted by Crippen LogP contribution is -2.46. The number of anilines is 1. The molecule has 0 aromatic carbocycles. The van der Waals surface area contributed by atoms with Crippen molar-refractivity contribution < 1.29 is 9.53 Å². The Morgan fingerprint density at radius 2 is 2.08 bits per heavy atom. The minimum Gasteiger partial charge on any atom is -0.374 e. The van der Waals surface area contributed by atoms with Gasteiger partial charge in [-0.3, -0.25) is 9.69 Å². The molecule has 1 aromatic rings. The SMILES string of the molecule is O=C(c1cnc(NCC2CN(C3CC3)CCO2)c(Cl)c1)N1CCCCC1. The van der Waals surface area contributed by atoms with Crippen LogP contribution in [0.25, 0.3) is 0 Å². The molecule has 26 heavy (non-hydrogen) atoms. The maximum Gasteiger partial charge on any atom is 0.255 e. The highest BCUT2D eigenvalue weighted by atomic mass is 35.5. The van der Waals surface area contributed by atoms with E-state index in [0.29, 0.717) is 22.9 Å². The second-order valence-corrected chi connectivity index (χ2v) is 7.91. The molecule has 1 unspecified atom stereocenters. The fourth-order valence-electron chi connectivity index (χ4n) is 3.81. The number of halogens is 1. The third-order valence-electron chi connectivity index (χ3n) is 5.46. The van der Waals surface area contributed by atoms with E-state index in [9.17, 15) is 4.79 Å². The van der Waals surface area contributed by atoms with Crippen LogP contribution in [0.3, 0.4) is 0 Å². The third kappa shape index (κ3) is 4.30. The van der Waals surface area contributed by atoms with Crippen LogP contribution in [0.2, 0.25) is 5.02 Å². The van der Waals surface area contributed by atoms with E-state index >= 15 is 0 Å². The van der Waals surface area contributed by atoms with Crippen LogP contribution in [0.15, 0.2) is 12.3 Å². The number of hydrogen-bond acceptors (Lipinski definition) is 5. The van der Waals surface area contributed by atoms with Crippen molar-refractivity contribution in [2.45, 2.75) is 44.2 Å². The van der Waals surface area contributed by atoms with Crippen LogP contribution in [-0.4, -0.2) is 72.2 Å². The molecule has 3 aliphatic rings. The number of pyridine rings is 1. The van der Waals surface area contributed by atoms with Gasteiger partial charge in [0.05, 0.1) is 23.3 Å². The number of likely N-dealkylation sites (tertiary alicyclic amines) is 1. The highest BCUT2D eigenvalue weighted by Crippen LogP contribution is 2.28. The van der Waals surface area contributed by atoms with Gasteiger partial charge >= 0.3 is 0 Å². The Morgan fingerprint density at radius 3 is 2.81 bits per heavy atom. The first-order valence-electron chi connectivity index (χ1n) is 9.75. The van der Waals surface area contributed by atoms with E-state index in [2.05, 4.69) is 15.2 Å². The zero-order chi connectivity index (χ0) is 17.9. The molecular formula is C19H27ClN4O2. The molecular weight excluding hydrogens is 352 g/mol. The van der Waals surface area contributed by atoms with Gasteiger partial charge in [-0.15, -0.1) is 0 Å². The van der Waals surface area contributed by atoms with E-state index in [-0.39, 0.29) is 12.0 Å². The number of amides is 1. The summed E-state index contributed by atoms with van der Waals surface area (Å²) in [4.78, 5) is 21.4. The molecule has 2 saturated heterocycles. The van der Waals surface area contributed by atoms with Crippen molar-refractivity contribution in [1.29, 1.82) is 0 Å². The van der Waals surface area contributed by atoms with E-state index in [1.165, 1.54) is 19.3 Å². The second-order valence-electron chi connectivity index (χ2n) is 7.51. The van der Waals surface area contributed by atoms with E-state index in [1.54, 1.807) is 12.3 Å². The first-order chi connectivity index (χ1) is 12.7. The van der Waals surface area contributed by atoms with Crippen LogP contribution in [0, 0.1) is 0 Å². The smallest absolute Gasteiger partial charge is 0.255 e. The molecule has 142 valence electrons. The van der Waals surface area contributed by atoms with E-state index in [0.717, 1.165) is 51.7 Å². The normalized spacial score (nSPS) is 24.5. The van der Waals surface area contributed by atoms with Crippen LogP contribution in [0.4, 0.5) is 5.82 Å². The van der Waals surface area contributed by atoms with Gasteiger partial charge < -0.3 is 15.0 Å². The second kappa shape index (κ2) is 8.11. The molecule has 1 amide bonds. The van der Waals surface area contributed by atoms with Gasteiger partial charge in [-0.05, 0) is 38.2 Å². The molecule has 1 saturated carbocycles. The lowest BCUT2D eigenvalue weighted by Gasteiger charge is -2.33. The van der Waals surface area contributed by atoms with Crippen LogP contribution < -0.4 is 5.32 Å². The number of carbonyl (C=O) groups excluding carboxylic acids is 1. The van der Waals surface area contributed by atoms with Crippen molar-refractivity contribution in [2.75, 3.05) is 44.6 Å². The van der Waals surface area contributed by atoms with Gasteiger partial charge in [0, 0.05) is 45.0 Å². The Morgan fingerprint density at radius 1 is 1.27 bits per heavy atom. The summed E-state index contributed by atoms with van der Waals surface area (Å²) in [5.41, 5.74) is 0.566. The predicted molar refractivity (Wildman–Crippen MR) is 102 cm³/mol. The third-order valence-corrected chi connectivity index (χ3v) is 5.75. The van der Waals surface area contributed by atoms with Crippen LogP contribution >= 0.6 is 11.6 Å². The van der Waals surface area contributed by atoms with Crippen molar-refractivity contribution >= 4 is 23.3 Å². The number of rotatable bonds is 5. The Hall–Kier alpha value is -1.37. The highest BCUT2D eigenvalue weighted by molar-refractivity contribution is 6.33. The van der Waals surface area contributed by atoms with Crippen molar-refractivity contribution in [3.63, 3.8) is 0 Å². The van der Waals surface area contributed by atoms with Gasteiger partial charge in [0.25, 0.3) is 5.91 Å². The minimum absolute atomic E-state index is 0.0290. The van der Waals surface area contributed by atoms with E-state index in [4.69, 9.17) is 16.3 Å². The Labute approximate surface area is 159 Å². The summed E-state index contributed by atoms with van der Waals surface area (Å²) in [6, 6.07) is 2.50. The van der Waals surface area contributed by atoms with Gasteiger partial charge in [-0.1, -0.05) is 11.6 Å². The van der Waals surface area contributed by atoms with Crippen molar-refractivity contribution in [3.05, 3.63) is 22.8 Å². The molecule has 3 heterocycles. The molecule has 1 aromatic heterocycles. The lowest BCUT2D eigenvalue weighted by molar-refractivity contribution is -0.0241. The largest absolute Gasteiger partial charge is 0.374 e. The Balaban J connectivity index is 1.33. The van der Waals surface area contributed by atoms with E-state index < -0.39 is 0 Å². The molecule has 6 nitrogen and oxygen atoms in total. The molecule has 3 fully saturated rings. The van der Waals surface area contributed by atoms with Gasteiger partial charge in [-0.25, -0.2) is 4.98 Å². The zero-order valence-electron chi connectivity index (χ0n) is 15.1. The summed E-state index contributed by atoms with van der Waals surface area (Å²) in [5.74, 6) is 0.648. The molecule has 7 heteroatoms. The summed E-state index contributed by atoms with van der Waals surface area (Å²) in [7, 11) is 0. The highest BCUT2D eigenvalue weighted by Gasteiger charge is 2.32. The number of ether oxygens (including phenoxy) is 1. The maximum atomic E-state index is 12.6. The Kier molecular flexibility index (Phi) is 5.62. The standard InChI is InChI=1S/C19H27ClN4O2/c20-17-10-14(19(25)23-6-2-1-3-7-23)11-21-18(17)22-12-16-13-24(8-9-26-16)15-4-5-15/h10-11,15-16H,1-9,12-13H2,(H,21,22). The van der Waals surface area contributed by atoms with Gasteiger partial charge in [0.1, 0.15) is 5.82 Å². The molecule has 4 rings (SSSR count). The number of nitrogens with one attached hydrogen (secondary N) is 1. The zero-order valence-corrected chi connectivity index (χ0v) is 15.9. The monoisotopic (exact) mass is 378 g/mol. The molecule has 0 radical (unpaired) electrons. The van der Waals surface area contributed by atoms with Gasteiger partial charge in [-0.2, -0.15) is 0 Å². The number of aromatic nitrogens is 1. The average Bonchev–Trinajstić information content (AvgIpc) is 3.53. The Bertz CT molecular complexity index is 646. The summed E-state index contributed by atoms with van der Waals surface area (Å²) in [6.07, 6.45) is 7.77. The number of piperidine rings is 1. The van der Waals surface area contributed by atoms with Crippen molar-refractivity contribution in [2.24, 2.45) is 0 Å². The fraction of sp³-hybridized carbons (Fsp3) is 0.684. The summed E-state index contributed by atoms with van der Waals surface area (Å²) in [6.45, 7) is 5.11.